The lowest BCUT2D eigenvalue weighted by atomic mass is 10.2. The molecule has 0 atom stereocenters. The van der Waals surface area contributed by atoms with Crippen molar-refractivity contribution < 1.29 is 0 Å². The van der Waals surface area contributed by atoms with Crippen LogP contribution in [0.15, 0.2) is 6.07 Å². The van der Waals surface area contributed by atoms with Gasteiger partial charge in [0.1, 0.15) is 16.8 Å². The van der Waals surface area contributed by atoms with Crippen molar-refractivity contribution in [3.63, 3.8) is 0 Å². The molecule has 0 amide bonds. The predicted molar refractivity (Wildman–Crippen MR) is 75.3 cm³/mol. The molecule has 0 spiro atoms. The van der Waals surface area contributed by atoms with Gasteiger partial charge in [-0.1, -0.05) is 25.4 Å². The fraction of sp³-hybridized carbons (Fsp3) is 0.692. The van der Waals surface area contributed by atoms with E-state index in [1.807, 2.05) is 0 Å². The summed E-state index contributed by atoms with van der Waals surface area (Å²) in [5, 5.41) is 3.82. The third-order valence-corrected chi connectivity index (χ3v) is 3.36. The lowest BCUT2D eigenvalue weighted by Gasteiger charge is -2.16. The van der Waals surface area contributed by atoms with E-state index in [0.29, 0.717) is 11.1 Å². The number of likely N-dealkylation sites (N-methyl/N-ethyl adjacent to an activating group) is 1. The van der Waals surface area contributed by atoms with Crippen LogP contribution in [0.25, 0.3) is 0 Å². The number of anilines is 1. The zero-order valence-electron chi connectivity index (χ0n) is 11.3. The molecule has 1 fully saturated rings. The Balaban J connectivity index is 1.87. The minimum atomic E-state index is 0.290. The lowest BCUT2D eigenvalue weighted by Crippen LogP contribution is -2.27. The molecule has 1 aliphatic rings. The molecule has 2 rings (SSSR count). The maximum absolute atomic E-state index is 5.99. The van der Waals surface area contributed by atoms with E-state index in [2.05, 4.69) is 41.1 Å². The van der Waals surface area contributed by atoms with E-state index < -0.39 is 0 Å². The van der Waals surface area contributed by atoms with Gasteiger partial charge in [-0.2, -0.15) is 0 Å². The Morgan fingerprint density at radius 1 is 1.44 bits per heavy atom. The molecule has 1 aromatic rings. The standard InChI is InChI=1S/C13H21ClN4/c1-9(2)13-16-11(14)8-12(17-13)15-6-7-18(3)10-4-5-10/h8-10H,4-7H2,1-3H3,(H,15,16,17). The number of rotatable bonds is 6. The highest BCUT2D eigenvalue weighted by molar-refractivity contribution is 6.29. The molecule has 1 saturated carbocycles. The Morgan fingerprint density at radius 2 is 2.17 bits per heavy atom. The van der Waals surface area contributed by atoms with Gasteiger partial charge in [0.25, 0.3) is 0 Å². The highest BCUT2D eigenvalue weighted by atomic mass is 35.5. The number of aromatic nitrogens is 2. The van der Waals surface area contributed by atoms with E-state index >= 15 is 0 Å². The molecular formula is C13H21ClN4. The molecule has 0 saturated heterocycles. The molecule has 1 aliphatic carbocycles. The highest BCUT2D eigenvalue weighted by Crippen LogP contribution is 2.24. The quantitative estimate of drug-likeness (QED) is 0.806. The highest BCUT2D eigenvalue weighted by Gasteiger charge is 2.25. The van der Waals surface area contributed by atoms with E-state index in [1.54, 1.807) is 6.07 Å². The van der Waals surface area contributed by atoms with Gasteiger partial charge >= 0.3 is 0 Å². The first-order valence-corrected chi connectivity index (χ1v) is 6.92. The molecular weight excluding hydrogens is 248 g/mol. The van der Waals surface area contributed by atoms with Crippen LogP contribution in [-0.4, -0.2) is 41.0 Å². The van der Waals surface area contributed by atoms with Crippen molar-refractivity contribution >= 4 is 17.4 Å². The first-order valence-electron chi connectivity index (χ1n) is 6.55. The second-order valence-corrected chi connectivity index (χ2v) is 5.61. The number of nitrogens with one attached hydrogen (secondary N) is 1. The average molecular weight is 269 g/mol. The van der Waals surface area contributed by atoms with Gasteiger partial charge in [-0.25, -0.2) is 9.97 Å². The molecule has 5 heteroatoms. The number of hydrogen-bond donors (Lipinski definition) is 1. The van der Waals surface area contributed by atoms with Crippen molar-refractivity contribution in [2.75, 3.05) is 25.5 Å². The smallest absolute Gasteiger partial charge is 0.135 e. The maximum Gasteiger partial charge on any atom is 0.135 e. The lowest BCUT2D eigenvalue weighted by molar-refractivity contribution is 0.337. The second-order valence-electron chi connectivity index (χ2n) is 5.23. The van der Waals surface area contributed by atoms with Gasteiger partial charge in [0.05, 0.1) is 0 Å². The van der Waals surface area contributed by atoms with Gasteiger partial charge in [-0.05, 0) is 19.9 Å². The zero-order chi connectivity index (χ0) is 13.1. The molecule has 100 valence electrons. The minimum Gasteiger partial charge on any atom is -0.369 e. The second kappa shape index (κ2) is 5.85. The number of hydrogen-bond acceptors (Lipinski definition) is 4. The van der Waals surface area contributed by atoms with Gasteiger partial charge in [0.2, 0.25) is 0 Å². The molecule has 0 bridgehead atoms. The summed E-state index contributed by atoms with van der Waals surface area (Å²) < 4.78 is 0. The van der Waals surface area contributed by atoms with E-state index in [4.69, 9.17) is 11.6 Å². The SMILES string of the molecule is CC(C)c1nc(Cl)cc(NCCN(C)C2CC2)n1. The Hall–Kier alpha value is -0.870. The van der Waals surface area contributed by atoms with Crippen LogP contribution in [-0.2, 0) is 0 Å². The van der Waals surface area contributed by atoms with Gasteiger partial charge < -0.3 is 10.2 Å². The Bertz CT molecular complexity index is 404. The maximum atomic E-state index is 5.99. The van der Waals surface area contributed by atoms with E-state index in [-0.39, 0.29) is 0 Å². The van der Waals surface area contributed by atoms with Crippen LogP contribution < -0.4 is 5.32 Å². The van der Waals surface area contributed by atoms with Crippen molar-refractivity contribution in [2.24, 2.45) is 0 Å². The summed E-state index contributed by atoms with van der Waals surface area (Å²) in [6.07, 6.45) is 2.68. The van der Waals surface area contributed by atoms with Gasteiger partial charge in [0.15, 0.2) is 0 Å². The van der Waals surface area contributed by atoms with Crippen molar-refractivity contribution in [1.82, 2.24) is 14.9 Å². The normalized spacial score (nSPS) is 15.4. The van der Waals surface area contributed by atoms with Crippen LogP contribution in [0.1, 0.15) is 38.4 Å². The molecule has 0 aromatic carbocycles. The van der Waals surface area contributed by atoms with Crippen molar-refractivity contribution in [3.8, 4) is 0 Å². The summed E-state index contributed by atoms with van der Waals surface area (Å²) in [4.78, 5) is 11.1. The van der Waals surface area contributed by atoms with Crippen LogP contribution in [0.5, 0.6) is 0 Å². The third-order valence-electron chi connectivity index (χ3n) is 3.17. The van der Waals surface area contributed by atoms with Crippen molar-refractivity contribution in [2.45, 2.75) is 38.6 Å². The van der Waals surface area contributed by atoms with Gasteiger partial charge in [-0.3, -0.25) is 0 Å². The molecule has 18 heavy (non-hydrogen) atoms. The number of halogens is 1. The molecule has 0 unspecified atom stereocenters. The molecule has 4 nitrogen and oxygen atoms in total. The molecule has 1 N–H and O–H groups in total. The molecule has 0 aliphatic heterocycles. The molecule has 0 radical (unpaired) electrons. The first-order chi connectivity index (χ1) is 8.56. The molecule has 1 aromatic heterocycles. The summed E-state index contributed by atoms with van der Waals surface area (Å²) in [5.41, 5.74) is 0. The monoisotopic (exact) mass is 268 g/mol. The van der Waals surface area contributed by atoms with Gasteiger partial charge in [0, 0.05) is 31.1 Å². The Labute approximate surface area is 114 Å². The van der Waals surface area contributed by atoms with E-state index in [0.717, 1.165) is 30.8 Å². The first kappa shape index (κ1) is 13.6. The summed E-state index contributed by atoms with van der Waals surface area (Å²) >= 11 is 5.99. The fourth-order valence-electron chi connectivity index (χ4n) is 1.84. The fourth-order valence-corrected chi connectivity index (χ4v) is 2.03. The Kier molecular flexibility index (Phi) is 4.40. The van der Waals surface area contributed by atoms with Crippen molar-refractivity contribution in [3.05, 3.63) is 17.0 Å². The van der Waals surface area contributed by atoms with Gasteiger partial charge in [-0.15, -0.1) is 0 Å². The Morgan fingerprint density at radius 3 is 2.78 bits per heavy atom. The van der Waals surface area contributed by atoms with E-state index in [1.165, 1.54) is 12.8 Å². The average Bonchev–Trinajstić information content (AvgIpc) is 3.11. The van der Waals surface area contributed by atoms with Crippen LogP contribution in [0.4, 0.5) is 5.82 Å². The predicted octanol–water partition coefficient (Wildman–Crippen LogP) is 2.76. The van der Waals surface area contributed by atoms with Crippen LogP contribution in [0.2, 0.25) is 5.15 Å². The summed E-state index contributed by atoms with van der Waals surface area (Å²) in [7, 11) is 2.17. The molecule has 1 heterocycles. The zero-order valence-corrected chi connectivity index (χ0v) is 12.0. The van der Waals surface area contributed by atoms with E-state index in [9.17, 15) is 0 Å². The minimum absolute atomic E-state index is 0.290. The van der Waals surface area contributed by atoms with Crippen molar-refractivity contribution in [1.29, 1.82) is 0 Å². The summed E-state index contributed by atoms with van der Waals surface area (Å²) in [6.45, 7) is 6.05. The van der Waals surface area contributed by atoms with Crippen LogP contribution in [0.3, 0.4) is 0 Å². The topological polar surface area (TPSA) is 41.1 Å². The summed E-state index contributed by atoms with van der Waals surface area (Å²) in [5.74, 6) is 1.90. The van der Waals surface area contributed by atoms with Crippen LogP contribution in [0, 0.1) is 0 Å². The van der Waals surface area contributed by atoms with Crippen LogP contribution >= 0.6 is 11.6 Å². The summed E-state index contributed by atoms with van der Waals surface area (Å²) in [6, 6.07) is 2.58. The number of nitrogens with zero attached hydrogens (tertiary/aromatic N) is 3. The largest absolute Gasteiger partial charge is 0.369 e. The third kappa shape index (κ3) is 3.82.